The second-order valence-corrected chi connectivity index (χ2v) is 4.88. The first-order valence-electron chi connectivity index (χ1n) is 4.97. The van der Waals surface area contributed by atoms with E-state index in [1.807, 2.05) is 6.07 Å². The molecule has 1 aromatic carbocycles. The van der Waals surface area contributed by atoms with Crippen LogP contribution in [-0.2, 0) is 4.74 Å². The van der Waals surface area contributed by atoms with E-state index in [0.29, 0.717) is 17.2 Å². The molecule has 1 rings (SSSR count). The van der Waals surface area contributed by atoms with Gasteiger partial charge in [-0.25, -0.2) is 4.79 Å². The number of ether oxygens (including phenoxy) is 2. The van der Waals surface area contributed by atoms with Crippen LogP contribution in [0.2, 0.25) is 0 Å². The summed E-state index contributed by atoms with van der Waals surface area (Å²) in [6.45, 7) is 4.21. The standard InChI is InChI=1S/C12H15IO3/c1-7(2)8-6-11(15-3)9(5-10(8)13)12(14)16-4/h5-7H,1-4H3. The highest BCUT2D eigenvalue weighted by Crippen LogP contribution is 2.29. The number of hydrogen-bond acceptors (Lipinski definition) is 3. The molecule has 3 nitrogen and oxygen atoms in total. The number of esters is 1. The Bertz CT molecular complexity index is 399. The Morgan fingerprint density at radius 2 is 1.94 bits per heavy atom. The third-order valence-electron chi connectivity index (χ3n) is 2.35. The van der Waals surface area contributed by atoms with Crippen molar-refractivity contribution in [1.82, 2.24) is 0 Å². The van der Waals surface area contributed by atoms with Gasteiger partial charge in [-0.1, -0.05) is 13.8 Å². The molecule has 1 aromatic rings. The van der Waals surface area contributed by atoms with Gasteiger partial charge in [-0.15, -0.1) is 0 Å². The number of carbonyl (C=O) groups excluding carboxylic acids is 1. The molecule has 88 valence electrons. The van der Waals surface area contributed by atoms with Crippen molar-refractivity contribution in [3.05, 3.63) is 26.8 Å². The van der Waals surface area contributed by atoms with Crippen LogP contribution in [0.25, 0.3) is 0 Å². The number of halogens is 1. The van der Waals surface area contributed by atoms with E-state index in [0.717, 1.165) is 3.57 Å². The van der Waals surface area contributed by atoms with Crippen LogP contribution in [-0.4, -0.2) is 20.2 Å². The lowest BCUT2D eigenvalue weighted by Crippen LogP contribution is -2.06. The molecule has 0 aromatic heterocycles. The molecule has 0 saturated heterocycles. The fourth-order valence-corrected chi connectivity index (χ4v) is 2.54. The second-order valence-electron chi connectivity index (χ2n) is 3.72. The molecule has 0 bridgehead atoms. The van der Waals surface area contributed by atoms with Gasteiger partial charge in [0.15, 0.2) is 0 Å². The maximum absolute atomic E-state index is 11.5. The van der Waals surface area contributed by atoms with Gasteiger partial charge < -0.3 is 9.47 Å². The fraction of sp³-hybridized carbons (Fsp3) is 0.417. The maximum Gasteiger partial charge on any atom is 0.341 e. The van der Waals surface area contributed by atoms with Crippen molar-refractivity contribution in [1.29, 1.82) is 0 Å². The maximum atomic E-state index is 11.5. The molecule has 0 radical (unpaired) electrons. The highest BCUT2D eigenvalue weighted by Gasteiger charge is 2.17. The van der Waals surface area contributed by atoms with Crippen molar-refractivity contribution in [2.24, 2.45) is 0 Å². The van der Waals surface area contributed by atoms with Gasteiger partial charge in [-0.2, -0.15) is 0 Å². The molecule has 0 aliphatic rings. The van der Waals surface area contributed by atoms with E-state index in [4.69, 9.17) is 9.47 Å². The second kappa shape index (κ2) is 5.52. The minimum Gasteiger partial charge on any atom is -0.496 e. The van der Waals surface area contributed by atoms with Crippen molar-refractivity contribution >= 4 is 28.6 Å². The molecule has 0 N–H and O–H groups in total. The number of methoxy groups -OCH3 is 2. The van der Waals surface area contributed by atoms with E-state index in [1.165, 1.54) is 12.7 Å². The van der Waals surface area contributed by atoms with Gasteiger partial charge in [0.25, 0.3) is 0 Å². The lowest BCUT2D eigenvalue weighted by atomic mass is 10.0. The summed E-state index contributed by atoms with van der Waals surface area (Å²) in [6, 6.07) is 3.71. The van der Waals surface area contributed by atoms with Crippen molar-refractivity contribution in [2.45, 2.75) is 19.8 Å². The van der Waals surface area contributed by atoms with E-state index < -0.39 is 0 Å². The molecular weight excluding hydrogens is 319 g/mol. The summed E-state index contributed by atoms with van der Waals surface area (Å²) in [7, 11) is 2.92. The van der Waals surface area contributed by atoms with Crippen molar-refractivity contribution in [3.8, 4) is 5.75 Å². The van der Waals surface area contributed by atoms with Gasteiger partial charge in [-0.05, 0) is 46.2 Å². The van der Waals surface area contributed by atoms with Crippen LogP contribution in [0.4, 0.5) is 0 Å². The number of carbonyl (C=O) groups is 1. The van der Waals surface area contributed by atoms with Crippen LogP contribution in [0, 0.1) is 3.57 Å². The van der Waals surface area contributed by atoms with Gasteiger partial charge in [0.05, 0.1) is 14.2 Å². The topological polar surface area (TPSA) is 35.5 Å². The summed E-state index contributed by atoms with van der Waals surface area (Å²) in [5.41, 5.74) is 1.64. The van der Waals surface area contributed by atoms with E-state index in [9.17, 15) is 4.79 Å². The Balaban J connectivity index is 3.32. The van der Waals surface area contributed by atoms with Crippen LogP contribution >= 0.6 is 22.6 Å². The third kappa shape index (κ3) is 2.66. The third-order valence-corrected chi connectivity index (χ3v) is 3.28. The average molecular weight is 334 g/mol. The van der Waals surface area contributed by atoms with Crippen molar-refractivity contribution < 1.29 is 14.3 Å². The summed E-state index contributed by atoms with van der Waals surface area (Å²) in [6.07, 6.45) is 0. The molecular formula is C12H15IO3. The van der Waals surface area contributed by atoms with Gasteiger partial charge in [0.1, 0.15) is 11.3 Å². The van der Waals surface area contributed by atoms with E-state index in [2.05, 4.69) is 36.4 Å². The lowest BCUT2D eigenvalue weighted by molar-refractivity contribution is 0.0597. The Morgan fingerprint density at radius 3 is 2.38 bits per heavy atom. The summed E-state index contributed by atoms with van der Waals surface area (Å²) in [5.74, 6) is 0.591. The minimum absolute atomic E-state index is 0.370. The van der Waals surface area contributed by atoms with Crippen LogP contribution in [0.1, 0.15) is 35.7 Å². The molecule has 0 heterocycles. The monoisotopic (exact) mass is 334 g/mol. The zero-order chi connectivity index (χ0) is 12.3. The van der Waals surface area contributed by atoms with Crippen molar-refractivity contribution in [2.75, 3.05) is 14.2 Å². The van der Waals surface area contributed by atoms with Crippen molar-refractivity contribution in [3.63, 3.8) is 0 Å². The molecule has 0 aliphatic carbocycles. The van der Waals surface area contributed by atoms with Gasteiger partial charge >= 0.3 is 5.97 Å². The summed E-state index contributed by atoms with van der Waals surface area (Å²) in [4.78, 5) is 11.5. The molecule has 0 aliphatic heterocycles. The first-order valence-corrected chi connectivity index (χ1v) is 6.04. The molecule has 4 heteroatoms. The predicted molar refractivity (Wildman–Crippen MR) is 71.1 cm³/mol. The number of rotatable bonds is 3. The number of hydrogen-bond donors (Lipinski definition) is 0. The Morgan fingerprint density at radius 1 is 1.31 bits per heavy atom. The largest absolute Gasteiger partial charge is 0.496 e. The summed E-state index contributed by atoms with van der Waals surface area (Å²) < 4.78 is 11.0. The quantitative estimate of drug-likeness (QED) is 0.629. The first kappa shape index (κ1) is 13.3. The first-order chi connectivity index (χ1) is 7.51. The molecule has 0 atom stereocenters. The van der Waals surface area contributed by atoms with E-state index >= 15 is 0 Å². The zero-order valence-corrected chi connectivity index (χ0v) is 12.0. The molecule has 16 heavy (non-hydrogen) atoms. The summed E-state index contributed by atoms with van der Waals surface area (Å²) >= 11 is 2.22. The Kier molecular flexibility index (Phi) is 4.58. The number of benzene rings is 1. The SMILES string of the molecule is COC(=O)c1cc(I)c(C(C)C)cc1OC. The van der Waals surface area contributed by atoms with Crippen LogP contribution in [0.3, 0.4) is 0 Å². The zero-order valence-electron chi connectivity index (χ0n) is 9.83. The molecule has 0 amide bonds. The fourth-order valence-electron chi connectivity index (χ4n) is 1.45. The van der Waals surface area contributed by atoms with E-state index in [-0.39, 0.29) is 5.97 Å². The van der Waals surface area contributed by atoms with Crippen LogP contribution in [0.5, 0.6) is 5.75 Å². The molecule has 0 fully saturated rings. The summed E-state index contributed by atoms with van der Waals surface area (Å²) in [5, 5.41) is 0. The normalized spacial score (nSPS) is 10.4. The average Bonchev–Trinajstić information content (AvgIpc) is 2.27. The molecule has 0 unspecified atom stereocenters. The van der Waals surface area contributed by atoms with Crippen LogP contribution in [0.15, 0.2) is 12.1 Å². The Hall–Kier alpha value is -0.780. The van der Waals surface area contributed by atoms with Gasteiger partial charge in [0.2, 0.25) is 0 Å². The molecule has 0 spiro atoms. The van der Waals surface area contributed by atoms with Gasteiger partial charge in [0, 0.05) is 3.57 Å². The highest BCUT2D eigenvalue weighted by molar-refractivity contribution is 14.1. The lowest BCUT2D eigenvalue weighted by Gasteiger charge is -2.13. The van der Waals surface area contributed by atoms with Crippen LogP contribution < -0.4 is 4.74 Å². The smallest absolute Gasteiger partial charge is 0.341 e. The predicted octanol–water partition coefficient (Wildman–Crippen LogP) is 3.21. The molecule has 0 saturated carbocycles. The Labute approximate surface area is 109 Å². The highest BCUT2D eigenvalue weighted by atomic mass is 127. The van der Waals surface area contributed by atoms with E-state index in [1.54, 1.807) is 13.2 Å². The minimum atomic E-state index is -0.370. The van der Waals surface area contributed by atoms with Gasteiger partial charge in [-0.3, -0.25) is 0 Å².